The van der Waals surface area contributed by atoms with Gasteiger partial charge in [-0.25, -0.2) is 4.57 Å². The second kappa shape index (κ2) is 4.73. The summed E-state index contributed by atoms with van der Waals surface area (Å²) in [5, 5.41) is 0. The van der Waals surface area contributed by atoms with Crippen molar-refractivity contribution in [1.82, 2.24) is 0 Å². The lowest BCUT2D eigenvalue weighted by atomic mass is 9.85. The normalized spacial score (nSPS) is 20.5. The van der Waals surface area contributed by atoms with E-state index < -0.39 is 7.82 Å². The van der Waals surface area contributed by atoms with Crippen molar-refractivity contribution in [3.05, 3.63) is 0 Å². The SMILES string of the molecule is COP(=O)(OC)OCCC1(C)COC1. The summed E-state index contributed by atoms with van der Waals surface area (Å²) < 4.78 is 30.9. The summed E-state index contributed by atoms with van der Waals surface area (Å²) in [6, 6.07) is 0. The molecule has 0 aromatic rings. The third kappa shape index (κ3) is 3.04. The molecule has 0 radical (unpaired) electrons. The molecule has 1 rings (SSSR count). The summed E-state index contributed by atoms with van der Waals surface area (Å²) in [6.45, 7) is 3.93. The van der Waals surface area contributed by atoms with Gasteiger partial charge >= 0.3 is 7.82 Å². The number of rotatable bonds is 6. The van der Waals surface area contributed by atoms with Crippen molar-refractivity contribution in [2.24, 2.45) is 5.41 Å². The van der Waals surface area contributed by atoms with Crippen LogP contribution < -0.4 is 0 Å². The van der Waals surface area contributed by atoms with E-state index in [0.29, 0.717) is 6.61 Å². The zero-order valence-electron chi connectivity index (χ0n) is 8.82. The highest BCUT2D eigenvalue weighted by Crippen LogP contribution is 2.48. The van der Waals surface area contributed by atoms with Crippen LogP contribution in [-0.2, 0) is 22.9 Å². The van der Waals surface area contributed by atoms with Crippen LogP contribution in [0.1, 0.15) is 13.3 Å². The van der Waals surface area contributed by atoms with Crippen LogP contribution in [0.5, 0.6) is 0 Å². The molecule has 6 heteroatoms. The van der Waals surface area contributed by atoms with Crippen molar-refractivity contribution in [3.63, 3.8) is 0 Å². The highest BCUT2D eigenvalue weighted by atomic mass is 31.2. The van der Waals surface area contributed by atoms with E-state index in [0.717, 1.165) is 19.6 Å². The van der Waals surface area contributed by atoms with Crippen molar-refractivity contribution in [2.45, 2.75) is 13.3 Å². The van der Waals surface area contributed by atoms with E-state index >= 15 is 0 Å². The third-order valence-corrected chi connectivity index (χ3v) is 3.70. The molecule has 0 amide bonds. The summed E-state index contributed by atoms with van der Waals surface area (Å²) in [5.74, 6) is 0. The van der Waals surface area contributed by atoms with Crippen LogP contribution in [0, 0.1) is 5.41 Å². The molecule has 0 saturated carbocycles. The van der Waals surface area contributed by atoms with Gasteiger partial charge in [0.1, 0.15) is 0 Å². The topological polar surface area (TPSA) is 54.0 Å². The van der Waals surface area contributed by atoms with Gasteiger partial charge in [-0.3, -0.25) is 13.6 Å². The highest BCUT2D eigenvalue weighted by molar-refractivity contribution is 7.48. The van der Waals surface area contributed by atoms with Gasteiger partial charge in [0.2, 0.25) is 0 Å². The highest BCUT2D eigenvalue weighted by Gasteiger charge is 2.34. The maximum Gasteiger partial charge on any atom is 0.474 e. The fraction of sp³-hybridized carbons (Fsp3) is 1.00. The zero-order chi connectivity index (χ0) is 10.7. The van der Waals surface area contributed by atoms with Gasteiger partial charge in [-0.15, -0.1) is 0 Å². The average Bonchev–Trinajstić information content (AvgIpc) is 2.15. The molecule has 1 fully saturated rings. The molecule has 0 spiro atoms. The number of hydrogen-bond donors (Lipinski definition) is 0. The van der Waals surface area contributed by atoms with Gasteiger partial charge in [0.25, 0.3) is 0 Å². The minimum atomic E-state index is -3.29. The smallest absolute Gasteiger partial charge is 0.380 e. The molecule has 1 aliphatic rings. The Balaban J connectivity index is 2.23. The van der Waals surface area contributed by atoms with Crippen LogP contribution in [0.15, 0.2) is 0 Å². The maximum atomic E-state index is 11.4. The molecular formula is C8H17O5P. The van der Waals surface area contributed by atoms with E-state index in [1.54, 1.807) is 0 Å². The molecule has 84 valence electrons. The van der Waals surface area contributed by atoms with Crippen LogP contribution in [0.25, 0.3) is 0 Å². The molecule has 1 heterocycles. The Morgan fingerprint density at radius 3 is 2.29 bits per heavy atom. The van der Waals surface area contributed by atoms with Crippen LogP contribution >= 0.6 is 7.82 Å². The second-order valence-electron chi connectivity index (χ2n) is 3.70. The molecule has 0 atom stereocenters. The lowest BCUT2D eigenvalue weighted by molar-refractivity contribution is -0.110. The van der Waals surface area contributed by atoms with Gasteiger partial charge in [-0.1, -0.05) is 6.92 Å². The molecule has 0 aromatic heterocycles. The minimum absolute atomic E-state index is 0.159. The van der Waals surface area contributed by atoms with Crippen molar-refractivity contribution >= 4 is 7.82 Å². The summed E-state index contributed by atoms with van der Waals surface area (Å²) >= 11 is 0. The molecule has 0 bridgehead atoms. The largest absolute Gasteiger partial charge is 0.474 e. The van der Waals surface area contributed by atoms with Gasteiger partial charge in [0.05, 0.1) is 19.8 Å². The Hall–Kier alpha value is 0.0700. The molecule has 1 aliphatic heterocycles. The molecule has 0 aromatic carbocycles. The van der Waals surface area contributed by atoms with Gasteiger partial charge in [0.15, 0.2) is 0 Å². The Labute approximate surface area is 84.3 Å². The molecule has 0 unspecified atom stereocenters. The van der Waals surface area contributed by atoms with E-state index in [9.17, 15) is 4.57 Å². The first-order valence-corrected chi connectivity index (χ1v) is 5.93. The molecule has 0 N–H and O–H groups in total. The molecule has 14 heavy (non-hydrogen) atoms. The lowest BCUT2D eigenvalue weighted by Crippen LogP contribution is -2.40. The van der Waals surface area contributed by atoms with Gasteiger partial charge in [0, 0.05) is 19.6 Å². The van der Waals surface area contributed by atoms with Gasteiger partial charge in [-0.05, 0) is 6.42 Å². The minimum Gasteiger partial charge on any atom is -0.380 e. The Kier molecular flexibility index (Phi) is 4.10. The Morgan fingerprint density at radius 1 is 1.36 bits per heavy atom. The standard InChI is InChI=1S/C8H17O5P/c1-8(6-12-7-8)4-5-13-14(9,10-2)11-3/h4-7H2,1-3H3. The molecule has 5 nitrogen and oxygen atoms in total. The first kappa shape index (κ1) is 12.1. The molecule has 0 aliphatic carbocycles. The van der Waals surface area contributed by atoms with E-state index in [2.05, 4.69) is 16.0 Å². The lowest BCUT2D eigenvalue weighted by Gasteiger charge is -2.38. The Bertz CT molecular complexity index is 218. The quantitative estimate of drug-likeness (QED) is 0.644. The number of phosphoric ester groups is 1. The van der Waals surface area contributed by atoms with Crippen LogP contribution in [-0.4, -0.2) is 34.0 Å². The van der Waals surface area contributed by atoms with E-state index in [-0.39, 0.29) is 5.41 Å². The van der Waals surface area contributed by atoms with Crippen molar-refractivity contribution in [3.8, 4) is 0 Å². The van der Waals surface area contributed by atoms with Gasteiger partial charge in [-0.2, -0.15) is 0 Å². The summed E-state index contributed by atoms with van der Waals surface area (Å²) in [6.07, 6.45) is 0.795. The predicted octanol–water partition coefficient (Wildman–Crippen LogP) is 1.83. The van der Waals surface area contributed by atoms with Crippen molar-refractivity contribution < 1.29 is 22.9 Å². The first-order valence-electron chi connectivity index (χ1n) is 4.47. The fourth-order valence-electron chi connectivity index (χ4n) is 1.18. The monoisotopic (exact) mass is 224 g/mol. The first-order chi connectivity index (χ1) is 6.54. The van der Waals surface area contributed by atoms with Crippen LogP contribution in [0.4, 0.5) is 0 Å². The van der Waals surface area contributed by atoms with Crippen LogP contribution in [0.2, 0.25) is 0 Å². The molecule has 1 saturated heterocycles. The van der Waals surface area contributed by atoms with Crippen LogP contribution in [0.3, 0.4) is 0 Å². The van der Waals surface area contributed by atoms with E-state index in [1.165, 1.54) is 14.2 Å². The average molecular weight is 224 g/mol. The van der Waals surface area contributed by atoms with Crippen molar-refractivity contribution in [1.29, 1.82) is 0 Å². The maximum absolute atomic E-state index is 11.4. The summed E-state index contributed by atoms with van der Waals surface area (Å²) in [7, 11) is -0.686. The third-order valence-electron chi connectivity index (χ3n) is 2.30. The second-order valence-corrected chi connectivity index (χ2v) is 5.58. The van der Waals surface area contributed by atoms with E-state index in [1.807, 2.05) is 0 Å². The van der Waals surface area contributed by atoms with Gasteiger partial charge < -0.3 is 4.74 Å². The van der Waals surface area contributed by atoms with E-state index in [4.69, 9.17) is 9.26 Å². The summed E-state index contributed by atoms with van der Waals surface area (Å²) in [4.78, 5) is 0. The Morgan fingerprint density at radius 2 is 1.93 bits per heavy atom. The summed E-state index contributed by atoms with van der Waals surface area (Å²) in [5.41, 5.74) is 0.159. The number of ether oxygens (including phenoxy) is 1. The molecular weight excluding hydrogens is 207 g/mol. The predicted molar refractivity (Wildman–Crippen MR) is 51.1 cm³/mol. The number of hydrogen-bond acceptors (Lipinski definition) is 5. The number of phosphoric acid groups is 1. The zero-order valence-corrected chi connectivity index (χ0v) is 9.71. The van der Waals surface area contributed by atoms with Crippen molar-refractivity contribution in [2.75, 3.05) is 34.0 Å². The fourth-order valence-corrected chi connectivity index (χ4v) is 1.85.